The fraction of sp³-hybridized carbons (Fsp3) is 0.294. The van der Waals surface area contributed by atoms with Crippen molar-refractivity contribution in [3.63, 3.8) is 0 Å². The lowest BCUT2D eigenvalue weighted by Crippen LogP contribution is -2.32. The molecule has 0 spiro atoms. The maximum atomic E-state index is 6.97. The number of hydrogen-bond acceptors (Lipinski definition) is 3. The molecule has 1 atom stereocenters. The molecule has 2 aromatic rings. The third-order valence-electron chi connectivity index (χ3n) is 3.97. The fourth-order valence-electron chi connectivity index (χ4n) is 2.69. The molecule has 6 heteroatoms. The predicted octanol–water partition coefficient (Wildman–Crippen LogP) is 4.31. The van der Waals surface area contributed by atoms with Crippen molar-refractivity contribution < 1.29 is 0 Å². The summed E-state index contributed by atoms with van der Waals surface area (Å²) in [5.41, 5.74) is 1.62. The van der Waals surface area contributed by atoms with Gasteiger partial charge in [0, 0.05) is 41.9 Å². The molecule has 2 heterocycles. The molecule has 1 aliphatic heterocycles. The van der Waals surface area contributed by atoms with Gasteiger partial charge in [-0.2, -0.15) is 0 Å². The SMILES string of the molecule is [C-]#[N+]c1ccc(N2CC[C@H](NCc3ccc(Cl)cc3Cl)C2)nc1. The minimum atomic E-state index is 0.393. The molecule has 23 heavy (non-hydrogen) atoms. The van der Waals surface area contributed by atoms with Crippen LogP contribution in [0.2, 0.25) is 10.0 Å². The highest BCUT2D eigenvalue weighted by atomic mass is 35.5. The molecule has 0 unspecified atom stereocenters. The Morgan fingerprint density at radius 3 is 2.87 bits per heavy atom. The lowest BCUT2D eigenvalue weighted by atomic mass is 10.2. The van der Waals surface area contributed by atoms with Gasteiger partial charge in [-0.1, -0.05) is 35.3 Å². The van der Waals surface area contributed by atoms with E-state index in [0.717, 1.165) is 37.4 Å². The molecule has 1 aliphatic rings. The Kier molecular flexibility index (Phi) is 5.02. The second-order valence-corrected chi connectivity index (χ2v) is 6.38. The molecule has 1 N–H and O–H groups in total. The van der Waals surface area contributed by atoms with Crippen molar-refractivity contribution in [1.82, 2.24) is 10.3 Å². The first kappa shape index (κ1) is 16.1. The maximum absolute atomic E-state index is 6.97. The molecule has 4 nitrogen and oxygen atoms in total. The second-order valence-electron chi connectivity index (χ2n) is 5.53. The molecule has 0 aliphatic carbocycles. The van der Waals surface area contributed by atoms with Crippen molar-refractivity contribution in [2.45, 2.75) is 19.0 Å². The summed E-state index contributed by atoms with van der Waals surface area (Å²) >= 11 is 12.1. The smallest absolute Gasteiger partial charge is 0.205 e. The van der Waals surface area contributed by atoms with Crippen LogP contribution in [0.3, 0.4) is 0 Å². The summed E-state index contributed by atoms with van der Waals surface area (Å²) in [6.45, 7) is 9.54. The molecule has 0 amide bonds. The normalized spacial score (nSPS) is 17.3. The van der Waals surface area contributed by atoms with Crippen LogP contribution in [0, 0.1) is 6.57 Å². The number of pyridine rings is 1. The van der Waals surface area contributed by atoms with Crippen LogP contribution in [0.1, 0.15) is 12.0 Å². The van der Waals surface area contributed by atoms with Gasteiger partial charge >= 0.3 is 0 Å². The molecule has 1 aromatic heterocycles. The summed E-state index contributed by atoms with van der Waals surface area (Å²) in [6.07, 6.45) is 2.67. The van der Waals surface area contributed by atoms with Gasteiger partial charge in [0.15, 0.2) is 0 Å². The van der Waals surface area contributed by atoms with Crippen LogP contribution >= 0.6 is 23.2 Å². The summed E-state index contributed by atoms with van der Waals surface area (Å²) in [7, 11) is 0. The number of nitrogens with zero attached hydrogens (tertiary/aromatic N) is 3. The van der Waals surface area contributed by atoms with Crippen molar-refractivity contribution in [1.29, 1.82) is 0 Å². The van der Waals surface area contributed by atoms with Crippen LogP contribution in [0.15, 0.2) is 36.5 Å². The van der Waals surface area contributed by atoms with E-state index in [0.29, 0.717) is 21.8 Å². The van der Waals surface area contributed by atoms with E-state index in [1.54, 1.807) is 12.3 Å². The van der Waals surface area contributed by atoms with Gasteiger partial charge in [-0.15, -0.1) is 0 Å². The quantitative estimate of drug-likeness (QED) is 0.837. The Bertz CT molecular complexity index is 724. The number of aromatic nitrogens is 1. The zero-order valence-corrected chi connectivity index (χ0v) is 14.0. The zero-order chi connectivity index (χ0) is 16.2. The standard InChI is InChI=1S/C17H16Cl2N4/c1-20-14-4-5-17(22-10-14)23-7-6-15(11-23)21-9-12-2-3-13(18)8-16(12)19/h2-5,8,10,15,21H,6-7,9,11H2/t15-/m0/s1. The van der Waals surface area contributed by atoms with E-state index in [-0.39, 0.29) is 0 Å². The largest absolute Gasteiger partial charge is 0.355 e. The van der Waals surface area contributed by atoms with E-state index < -0.39 is 0 Å². The van der Waals surface area contributed by atoms with E-state index >= 15 is 0 Å². The topological polar surface area (TPSA) is 32.5 Å². The van der Waals surface area contributed by atoms with Crippen molar-refractivity contribution in [3.8, 4) is 0 Å². The van der Waals surface area contributed by atoms with Crippen LogP contribution in [0.4, 0.5) is 11.5 Å². The number of hydrogen-bond donors (Lipinski definition) is 1. The summed E-state index contributed by atoms with van der Waals surface area (Å²) in [5, 5.41) is 4.88. The fourth-order valence-corrected chi connectivity index (χ4v) is 3.16. The molecule has 0 radical (unpaired) electrons. The molecule has 1 saturated heterocycles. The Labute approximate surface area is 145 Å². The lowest BCUT2D eigenvalue weighted by Gasteiger charge is -2.18. The minimum Gasteiger partial charge on any atom is -0.355 e. The van der Waals surface area contributed by atoms with Crippen LogP contribution in [-0.4, -0.2) is 24.1 Å². The third-order valence-corrected chi connectivity index (χ3v) is 4.56. The molecule has 118 valence electrons. The van der Waals surface area contributed by atoms with Gasteiger partial charge in [0.2, 0.25) is 5.69 Å². The van der Waals surface area contributed by atoms with E-state index in [4.69, 9.17) is 29.8 Å². The highest BCUT2D eigenvalue weighted by molar-refractivity contribution is 6.35. The van der Waals surface area contributed by atoms with Gasteiger partial charge in [-0.25, -0.2) is 4.85 Å². The number of halogens is 2. The first-order valence-corrected chi connectivity index (χ1v) is 8.17. The molecule has 1 fully saturated rings. The highest BCUT2D eigenvalue weighted by Gasteiger charge is 2.23. The lowest BCUT2D eigenvalue weighted by molar-refractivity contribution is 0.551. The Hall–Kier alpha value is -1.80. The van der Waals surface area contributed by atoms with Gasteiger partial charge < -0.3 is 10.2 Å². The van der Waals surface area contributed by atoms with Crippen LogP contribution in [0.5, 0.6) is 0 Å². The number of rotatable bonds is 4. The van der Waals surface area contributed by atoms with Gasteiger partial charge in [-0.3, -0.25) is 4.98 Å². The van der Waals surface area contributed by atoms with Crippen molar-refractivity contribution in [2.75, 3.05) is 18.0 Å². The average Bonchev–Trinajstić information content (AvgIpc) is 3.03. The molecule has 3 rings (SSSR count). The number of nitrogens with one attached hydrogen (secondary N) is 1. The Morgan fingerprint density at radius 2 is 2.17 bits per heavy atom. The van der Waals surface area contributed by atoms with Crippen molar-refractivity contribution in [3.05, 3.63) is 63.6 Å². The maximum Gasteiger partial charge on any atom is 0.205 e. The first-order valence-electron chi connectivity index (χ1n) is 7.41. The molecule has 0 bridgehead atoms. The zero-order valence-electron chi connectivity index (χ0n) is 12.5. The molecule has 1 aromatic carbocycles. The second kappa shape index (κ2) is 7.18. The summed E-state index contributed by atoms with van der Waals surface area (Å²) in [4.78, 5) is 9.95. The van der Waals surface area contributed by atoms with E-state index in [2.05, 4.69) is 20.0 Å². The van der Waals surface area contributed by atoms with Crippen molar-refractivity contribution in [2.24, 2.45) is 0 Å². The minimum absolute atomic E-state index is 0.393. The van der Waals surface area contributed by atoms with Gasteiger partial charge in [0.25, 0.3) is 0 Å². The van der Waals surface area contributed by atoms with Gasteiger partial charge in [0.1, 0.15) is 5.82 Å². The Balaban J connectivity index is 1.56. The summed E-state index contributed by atoms with van der Waals surface area (Å²) < 4.78 is 0. The van der Waals surface area contributed by atoms with Crippen LogP contribution in [-0.2, 0) is 6.54 Å². The summed E-state index contributed by atoms with van der Waals surface area (Å²) in [6, 6.07) is 9.69. The average molecular weight is 347 g/mol. The van der Waals surface area contributed by atoms with Crippen LogP contribution in [0.25, 0.3) is 4.85 Å². The summed E-state index contributed by atoms with van der Waals surface area (Å²) in [5.74, 6) is 0.922. The third kappa shape index (κ3) is 3.94. The monoisotopic (exact) mass is 346 g/mol. The van der Waals surface area contributed by atoms with Crippen molar-refractivity contribution >= 4 is 34.7 Å². The number of anilines is 1. The van der Waals surface area contributed by atoms with E-state index in [1.807, 2.05) is 24.3 Å². The Morgan fingerprint density at radius 1 is 1.30 bits per heavy atom. The molecule has 0 saturated carbocycles. The van der Waals surface area contributed by atoms with Gasteiger partial charge in [0.05, 0.1) is 6.57 Å². The van der Waals surface area contributed by atoms with E-state index in [9.17, 15) is 0 Å². The van der Waals surface area contributed by atoms with E-state index in [1.165, 1.54) is 0 Å². The first-order chi connectivity index (χ1) is 11.2. The number of benzene rings is 1. The highest BCUT2D eigenvalue weighted by Crippen LogP contribution is 2.23. The molecular weight excluding hydrogens is 331 g/mol. The van der Waals surface area contributed by atoms with Crippen LogP contribution < -0.4 is 10.2 Å². The predicted molar refractivity (Wildman–Crippen MR) is 94.4 cm³/mol. The van der Waals surface area contributed by atoms with Gasteiger partial charge in [-0.05, 0) is 30.2 Å². The molecular formula is C17H16Cl2N4.